The number of thioether (sulfide) groups is 1. The summed E-state index contributed by atoms with van der Waals surface area (Å²) in [6.45, 7) is 2.80. The second-order valence-electron chi connectivity index (χ2n) is 5.25. The molecule has 1 aliphatic rings. The Morgan fingerprint density at radius 2 is 2.30 bits per heavy atom. The lowest BCUT2D eigenvalue weighted by molar-refractivity contribution is 0.0158. The average Bonchev–Trinajstić information content (AvgIpc) is 3.22. The third kappa shape index (κ3) is 4.33. The molecule has 0 aliphatic carbocycles. The van der Waals surface area contributed by atoms with Crippen LogP contribution in [0, 0.1) is 6.92 Å². The van der Waals surface area contributed by atoms with Crippen molar-refractivity contribution >= 4 is 17.7 Å². The van der Waals surface area contributed by atoms with Crippen LogP contribution in [0.15, 0.2) is 33.7 Å². The first-order chi connectivity index (χ1) is 11.2. The summed E-state index contributed by atoms with van der Waals surface area (Å²) in [7, 11) is 0. The minimum absolute atomic E-state index is 0.0288. The van der Waals surface area contributed by atoms with E-state index in [2.05, 4.69) is 10.1 Å². The van der Waals surface area contributed by atoms with E-state index in [-0.39, 0.29) is 12.1 Å². The van der Waals surface area contributed by atoms with Crippen molar-refractivity contribution in [3.8, 4) is 0 Å². The van der Waals surface area contributed by atoms with Gasteiger partial charge in [0.2, 0.25) is 5.89 Å². The van der Waals surface area contributed by atoms with Crippen LogP contribution in [0.3, 0.4) is 0 Å². The first kappa shape index (κ1) is 16.0. The molecule has 2 aromatic rings. The van der Waals surface area contributed by atoms with Crippen LogP contribution in [-0.4, -0.2) is 35.4 Å². The number of hydrogen-bond acceptors (Lipinski definition) is 7. The number of esters is 1. The van der Waals surface area contributed by atoms with Crippen molar-refractivity contribution in [2.45, 2.75) is 36.5 Å². The second-order valence-corrected chi connectivity index (χ2v) is 6.27. The number of aryl methyl sites for hydroxylation is 1. The topological polar surface area (TPSA) is 74.5 Å². The monoisotopic (exact) mass is 334 g/mol. The summed E-state index contributed by atoms with van der Waals surface area (Å²) in [6, 6.07) is 7.37. The first-order valence-corrected chi connectivity index (χ1v) is 8.50. The summed E-state index contributed by atoms with van der Waals surface area (Å²) in [5.74, 6) is 1.35. The Balaban J connectivity index is 1.60. The molecule has 1 fully saturated rings. The van der Waals surface area contributed by atoms with E-state index in [4.69, 9.17) is 14.0 Å². The zero-order valence-corrected chi connectivity index (χ0v) is 13.7. The highest BCUT2D eigenvalue weighted by atomic mass is 32.2. The van der Waals surface area contributed by atoms with Crippen molar-refractivity contribution in [2.75, 3.05) is 13.2 Å². The van der Waals surface area contributed by atoms with E-state index in [1.54, 1.807) is 13.0 Å². The molecule has 2 heterocycles. The van der Waals surface area contributed by atoms with Crippen molar-refractivity contribution in [3.05, 3.63) is 41.5 Å². The Morgan fingerprint density at radius 3 is 3.04 bits per heavy atom. The molecule has 0 amide bonds. The van der Waals surface area contributed by atoms with Crippen molar-refractivity contribution in [2.24, 2.45) is 0 Å². The van der Waals surface area contributed by atoms with Gasteiger partial charge in [0.15, 0.2) is 5.82 Å². The first-order valence-electron chi connectivity index (χ1n) is 7.52. The number of carbonyl (C=O) groups excluding carboxylic acids is 1. The van der Waals surface area contributed by atoms with Gasteiger partial charge in [-0.05, 0) is 25.0 Å². The standard InChI is InChI=1S/C16H18N2O4S/c1-11-17-15(18-22-11)10-23-14-7-3-2-6-13(14)16(19)21-9-12-5-4-8-20-12/h2-3,6-7,12H,4-5,8-10H2,1H3/t12-/m0/s1. The molecule has 1 aliphatic heterocycles. The van der Waals surface area contributed by atoms with Gasteiger partial charge in [0.1, 0.15) is 6.61 Å². The van der Waals surface area contributed by atoms with Gasteiger partial charge in [-0.2, -0.15) is 4.98 Å². The summed E-state index contributed by atoms with van der Waals surface area (Å²) in [5, 5.41) is 3.85. The van der Waals surface area contributed by atoms with E-state index >= 15 is 0 Å². The molecule has 0 spiro atoms. The van der Waals surface area contributed by atoms with E-state index in [1.807, 2.05) is 18.2 Å². The Kier molecular flexibility index (Phi) is 5.30. The van der Waals surface area contributed by atoms with Crippen molar-refractivity contribution in [1.29, 1.82) is 0 Å². The molecule has 23 heavy (non-hydrogen) atoms. The van der Waals surface area contributed by atoms with E-state index in [0.29, 0.717) is 29.6 Å². The largest absolute Gasteiger partial charge is 0.459 e. The molecule has 3 rings (SSSR count). The molecule has 0 unspecified atom stereocenters. The lowest BCUT2D eigenvalue weighted by Gasteiger charge is -2.12. The van der Waals surface area contributed by atoms with Crippen LogP contribution in [0.2, 0.25) is 0 Å². The predicted molar refractivity (Wildman–Crippen MR) is 84.3 cm³/mol. The van der Waals surface area contributed by atoms with Crippen molar-refractivity contribution < 1.29 is 18.8 Å². The molecule has 0 N–H and O–H groups in total. The molecule has 1 aromatic carbocycles. The summed E-state index contributed by atoms with van der Waals surface area (Å²) in [6.07, 6.45) is 2.00. The van der Waals surface area contributed by atoms with Gasteiger partial charge in [-0.15, -0.1) is 11.8 Å². The minimum Gasteiger partial charge on any atom is -0.459 e. The lowest BCUT2D eigenvalue weighted by Crippen LogP contribution is -2.18. The lowest BCUT2D eigenvalue weighted by atomic mass is 10.2. The zero-order valence-electron chi connectivity index (χ0n) is 12.9. The van der Waals surface area contributed by atoms with Crippen LogP contribution < -0.4 is 0 Å². The SMILES string of the molecule is Cc1nc(CSc2ccccc2C(=O)OC[C@@H]2CCCO2)no1. The molecule has 7 heteroatoms. The number of hydrogen-bond donors (Lipinski definition) is 0. The van der Waals surface area contributed by atoms with Crippen LogP contribution in [0.5, 0.6) is 0 Å². The average molecular weight is 334 g/mol. The van der Waals surface area contributed by atoms with Gasteiger partial charge in [0.05, 0.1) is 17.4 Å². The number of benzene rings is 1. The zero-order chi connectivity index (χ0) is 16.1. The molecule has 6 nitrogen and oxygen atoms in total. The second kappa shape index (κ2) is 7.61. The molecule has 0 bridgehead atoms. The summed E-state index contributed by atoms with van der Waals surface area (Å²) in [5.41, 5.74) is 0.552. The molecule has 0 saturated carbocycles. The summed E-state index contributed by atoms with van der Waals surface area (Å²) in [4.78, 5) is 17.3. The predicted octanol–water partition coefficient (Wildman–Crippen LogP) is 3.01. The molecule has 1 atom stereocenters. The molecule has 0 radical (unpaired) electrons. The Labute approximate surface area is 138 Å². The smallest absolute Gasteiger partial charge is 0.339 e. The fourth-order valence-corrected chi connectivity index (χ4v) is 3.21. The van der Waals surface area contributed by atoms with Gasteiger partial charge in [0.25, 0.3) is 0 Å². The van der Waals surface area contributed by atoms with Crippen LogP contribution in [-0.2, 0) is 15.2 Å². The maximum atomic E-state index is 12.3. The number of rotatable bonds is 6. The van der Waals surface area contributed by atoms with Crippen molar-refractivity contribution in [3.63, 3.8) is 0 Å². The Hall–Kier alpha value is -1.86. The normalized spacial score (nSPS) is 17.3. The van der Waals surface area contributed by atoms with Gasteiger partial charge in [-0.3, -0.25) is 0 Å². The highest BCUT2D eigenvalue weighted by molar-refractivity contribution is 7.98. The number of nitrogens with zero attached hydrogens (tertiary/aromatic N) is 2. The fourth-order valence-electron chi connectivity index (χ4n) is 2.33. The fraction of sp³-hybridized carbons (Fsp3) is 0.438. The van der Waals surface area contributed by atoms with Crippen LogP contribution in [0.25, 0.3) is 0 Å². The maximum absolute atomic E-state index is 12.3. The Bertz CT molecular complexity index is 668. The molecular formula is C16H18N2O4S. The van der Waals surface area contributed by atoms with Crippen LogP contribution >= 0.6 is 11.8 Å². The third-order valence-corrected chi connectivity index (χ3v) is 4.53. The number of aromatic nitrogens is 2. The maximum Gasteiger partial charge on any atom is 0.339 e. The highest BCUT2D eigenvalue weighted by Gasteiger charge is 2.19. The van der Waals surface area contributed by atoms with E-state index in [9.17, 15) is 4.79 Å². The van der Waals surface area contributed by atoms with E-state index in [1.165, 1.54) is 11.8 Å². The molecule has 1 aromatic heterocycles. The van der Waals surface area contributed by atoms with Crippen LogP contribution in [0.1, 0.15) is 34.9 Å². The third-order valence-electron chi connectivity index (χ3n) is 3.46. The van der Waals surface area contributed by atoms with Gasteiger partial charge in [-0.25, -0.2) is 4.79 Å². The summed E-state index contributed by atoms with van der Waals surface area (Å²) >= 11 is 1.48. The highest BCUT2D eigenvalue weighted by Crippen LogP contribution is 2.26. The molecular weight excluding hydrogens is 316 g/mol. The van der Waals surface area contributed by atoms with Gasteiger partial charge in [0, 0.05) is 18.4 Å². The van der Waals surface area contributed by atoms with Crippen LogP contribution in [0.4, 0.5) is 0 Å². The number of carbonyl (C=O) groups is 1. The minimum atomic E-state index is -0.326. The van der Waals surface area contributed by atoms with E-state index in [0.717, 1.165) is 24.3 Å². The molecule has 1 saturated heterocycles. The van der Waals surface area contributed by atoms with Crippen molar-refractivity contribution in [1.82, 2.24) is 10.1 Å². The van der Waals surface area contributed by atoms with Gasteiger partial charge in [-0.1, -0.05) is 17.3 Å². The summed E-state index contributed by atoms with van der Waals surface area (Å²) < 4.78 is 15.8. The Morgan fingerprint density at radius 1 is 1.43 bits per heavy atom. The van der Waals surface area contributed by atoms with Gasteiger partial charge < -0.3 is 14.0 Å². The number of ether oxygens (including phenoxy) is 2. The van der Waals surface area contributed by atoms with E-state index < -0.39 is 0 Å². The quantitative estimate of drug-likeness (QED) is 0.594. The van der Waals surface area contributed by atoms with Gasteiger partial charge >= 0.3 is 5.97 Å². The molecule has 122 valence electrons.